The molecule has 228 valence electrons. The van der Waals surface area contributed by atoms with Gasteiger partial charge in [-0.1, -0.05) is 46.1 Å². The van der Waals surface area contributed by atoms with Crippen molar-refractivity contribution in [2.75, 3.05) is 25.9 Å². The van der Waals surface area contributed by atoms with Gasteiger partial charge in [-0.25, -0.2) is 13.4 Å². The fraction of sp³-hybridized carbons (Fsp3) is 0.719. The highest BCUT2D eigenvalue weighted by atomic mass is 32.2. The van der Waals surface area contributed by atoms with Crippen LogP contribution in [0.1, 0.15) is 101 Å². The Morgan fingerprint density at radius 3 is 2.46 bits per heavy atom. The van der Waals surface area contributed by atoms with Crippen molar-refractivity contribution in [3.63, 3.8) is 0 Å². The van der Waals surface area contributed by atoms with E-state index in [1.165, 1.54) is 12.0 Å². The molecule has 2 atom stereocenters. The first-order chi connectivity index (χ1) is 19.6. The highest BCUT2D eigenvalue weighted by Crippen LogP contribution is 2.31. The van der Waals surface area contributed by atoms with Gasteiger partial charge in [-0.15, -0.1) is 11.3 Å². The van der Waals surface area contributed by atoms with Crippen molar-refractivity contribution in [3.8, 4) is 0 Å². The van der Waals surface area contributed by atoms with E-state index < -0.39 is 15.8 Å². The zero-order valence-electron chi connectivity index (χ0n) is 25.4. The number of benzene rings is 1. The third-order valence-electron chi connectivity index (χ3n) is 9.22. The topological polar surface area (TPSA) is 96.4 Å². The summed E-state index contributed by atoms with van der Waals surface area (Å²) in [6, 6.07) is 6.14. The summed E-state index contributed by atoms with van der Waals surface area (Å²) in [6.45, 7) is 7.79. The van der Waals surface area contributed by atoms with Crippen LogP contribution in [-0.4, -0.2) is 67.2 Å². The Kier molecular flexibility index (Phi) is 11.4. The van der Waals surface area contributed by atoms with Crippen LogP contribution in [0.3, 0.4) is 0 Å². The minimum absolute atomic E-state index is 0.0624. The fourth-order valence-electron chi connectivity index (χ4n) is 6.39. The Hall–Kier alpha value is -1.84. The summed E-state index contributed by atoms with van der Waals surface area (Å²) in [4.78, 5) is 33.4. The quantitative estimate of drug-likeness (QED) is 0.306. The number of hydrogen-bond acceptors (Lipinski definition) is 7. The van der Waals surface area contributed by atoms with Crippen LogP contribution in [-0.2, 0) is 25.8 Å². The van der Waals surface area contributed by atoms with Crippen molar-refractivity contribution in [3.05, 3.63) is 28.8 Å². The van der Waals surface area contributed by atoms with E-state index in [0.29, 0.717) is 38.0 Å². The summed E-state index contributed by atoms with van der Waals surface area (Å²) in [5, 5.41) is 3.87. The SMILES string of the molecule is CCC(=O)C[C@@H](Cc1nc2ccc(C(C)C)cc2s1)C(=O)N[C@H](CCS(=O)(=O)C1CCN(C)CC1)C1CCCCC1. The van der Waals surface area contributed by atoms with Gasteiger partial charge in [0.1, 0.15) is 5.78 Å². The maximum absolute atomic E-state index is 13.8. The molecule has 1 amide bonds. The molecule has 1 aromatic carbocycles. The molecular formula is C32H49N3O4S2. The van der Waals surface area contributed by atoms with Crippen molar-refractivity contribution in [2.24, 2.45) is 11.8 Å². The zero-order chi connectivity index (χ0) is 29.6. The molecule has 1 aromatic heterocycles. The van der Waals surface area contributed by atoms with Gasteiger partial charge in [0.05, 0.1) is 32.1 Å². The van der Waals surface area contributed by atoms with E-state index in [4.69, 9.17) is 4.98 Å². The second kappa shape index (κ2) is 14.6. The smallest absolute Gasteiger partial charge is 0.224 e. The van der Waals surface area contributed by atoms with Gasteiger partial charge in [0.15, 0.2) is 9.84 Å². The first-order valence-electron chi connectivity index (χ1n) is 15.7. The molecule has 1 saturated carbocycles. The Morgan fingerprint density at radius 2 is 1.80 bits per heavy atom. The predicted molar refractivity (Wildman–Crippen MR) is 168 cm³/mol. The van der Waals surface area contributed by atoms with Gasteiger partial charge in [-0.2, -0.15) is 0 Å². The van der Waals surface area contributed by atoms with E-state index in [1.807, 2.05) is 20.0 Å². The van der Waals surface area contributed by atoms with Gasteiger partial charge < -0.3 is 10.2 Å². The number of ketones is 1. The Labute approximate surface area is 250 Å². The van der Waals surface area contributed by atoms with E-state index in [9.17, 15) is 18.0 Å². The van der Waals surface area contributed by atoms with Gasteiger partial charge in [0, 0.05) is 25.3 Å². The lowest BCUT2D eigenvalue weighted by Crippen LogP contribution is -2.46. The van der Waals surface area contributed by atoms with Crippen LogP contribution in [0, 0.1) is 11.8 Å². The molecule has 9 heteroatoms. The number of sulfone groups is 1. The Bertz CT molecular complexity index is 1280. The standard InChI is InChI=1S/C32H49N3O4S2/c1-5-26(36)19-25(21-31-33-29-12-11-24(22(2)3)20-30(29)40-31)32(37)34-28(23-9-7-6-8-10-23)15-18-41(38,39)27-13-16-35(4)17-14-27/h11-12,20,22-23,25,27-28H,5-10,13-19,21H2,1-4H3,(H,34,37)/t25-,28+/m0/s1. The number of carbonyl (C=O) groups excluding carboxylic acids is 2. The van der Waals surface area contributed by atoms with Gasteiger partial charge in [-0.3, -0.25) is 9.59 Å². The van der Waals surface area contributed by atoms with Gasteiger partial charge in [-0.05, 0) is 81.8 Å². The van der Waals surface area contributed by atoms with Crippen LogP contribution in [0.5, 0.6) is 0 Å². The molecule has 0 bridgehead atoms. The van der Waals surface area contributed by atoms with E-state index >= 15 is 0 Å². The number of likely N-dealkylation sites (tertiary alicyclic amines) is 1. The molecule has 4 rings (SSSR count). The van der Waals surface area contributed by atoms with Crippen molar-refractivity contribution >= 4 is 43.1 Å². The second-order valence-electron chi connectivity index (χ2n) is 12.7. The molecule has 2 heterocycles. The minimum Gasteiger partial charge on any atom is -0.353 e. The summed E-state index contributed by atoms with van der Waals surface area (Å²) in [7, 11) is -1.20. The molecule has 1 saturated heterocycles. The van der Waals surface area contributed by atoms with Crippen LogP contribution in [0.4, 0.5) is 0 Å². The molecule has 41 heavy (non-hydrogen) atoms. The van der Waals surface area contributed by atoms with E-state index in [1.54, 1.807) is 11.3 Å². The summed E-state index contributed by atoms with van der Waals surface area (Å²) >= 11 is 1.60. The Morgan fingerprint density at radius 1 is 1.10 bits per heavy atom. The third kappa shape index (κ3) is 8.83. The number of Topliss-reactive ketones (excluding diaryl/α,β-unsaturated/α-hetero) is 1. The van der Waals surface area contributed by atoms with Crippen LogP contribution in [0.25, 0.3) is 10.2 Å². The number of nitrogens with zero attached hydrogens (tertiary/aromatic N) is 2. The average Bonchev–Trinajstić information content (AvgIpc) is 3.37. The molecule has 1 N–H and O–H groups in total. The molecule has 2 aromatic rings. The monoisotopic (exact) mass is 603 g/mol. The summed E-state index contributed by atoms with van der Waals surface area (Å²) in [5.41, 5.74) is 2.18. The van der Waals surface area contributed by atoms with Gasteiger partial charge >= 0.3 is 0 Å². The zero-order valence-corrected chi connectivity index (χ0v) is 27.0. The second-order valence-corrected chi connectivity index (χ2v) is 16.2. The van der Waals surface area contributed by atoms with E-state index in [0.717, 1.165) is 54.0 Å². The van der Waals surface area contributed by atoms with Crippen LogP contribution in [0.2, 0.25) is 0 Å². The van der Waals surface area contributed by atoms with E-state index in [-0.39, 0.29) is 41.1 Å². The maximum Gasteiger partial charge on any atom is 0.224 e. The molecule has 2 aliphatic rings. The molecule has 0 unspecified atom stereocenters. The number of thiazole rings is 1. The Balaban J connectivity index is 1.49. The summed E-state index contributed by atoms with van der Waals surface area (Å²) in [5.74, 6) is 0.223. The number of aromatic nitrogens is 1. The first-order valence-corrected chi connectivity index (χ1v) is 18.2. The number of hydrogen-bond donors (Lipinski definition) is 1. The normalized spacial score (nSPS) is 19.4. The molecule has 7 nitrogen and oxygen atoms in total. The number of amides is 1. The first kappa shape index (κ1) is 32.1. The molecule has 0 radical (unpaired) electrons. The lowest BCUT2D eigenvalue weighted by atomic mass is 9.82. The lowest BCUT2D eigenvalue weighted by Gasteiger charge is -2.33. The van der Waals surface area contributed by atoms with Crippen molar-refractivity contribution < 1.29 is 18.0 Å². The number of fused-ring (bicyclic) bond motifs is 1. The van der Waals surface area contributed by atoms with Gasteiger partial charge in [0.25, 0.3) is 0 Å². The number of piperidine rings is 1. The summed E-state index contributed by atoms with van der Waals surface area (Å²) in [6.07, 6.45) is 8.22. The molecular weight excluding hydrogens is 555 g/mol. The molecule has 2 fully saturated rings. The largest absolute Gasteiger partial charge is 0.353 e. The number of carbonyl (C=O) groups is 2. The third-order valence-corrected chi connectivity index (χ3v) is 12.5. The molecule has 1 aliphatic heterocycles. The minimum atomic E-state index is -3.23. The van der Waals surface area contributed by atoms with Crippen LogP contribution in [0.15, 0.2) is 18.2 Å². The van der Waals surface area contributed by atoms with Crippen LogP contribution < -0.4 is 5.32 Å². The average molecular weight is 604 g/mol. The highest BCUT2D eigenvalue weighted by Gasteiger charge is 2.33. The molecule has 0 spiro atoms. The number of nitrogens with one attached hydrogen (secondary N) is 1. The summed E-state index contributed by atoms with van der Waals surface area (Å²) < 4.78 is 27.7. The van der Waals surface area contributed by atoms with Crippen molar-refractivity contribution in [1.29, 1.82) is 0 Å². The number of rotatable bonds is 13. The lowest BCUT2D eigenvalue weighted by molar-refractivity contribution is -0.130. The highest BCUT2D eigenvalue weighted by molar-refractivity contribution is 7.92. The van der Waals surface area contributed by atoms with Gasteiger partial charge in [0.2, 0.25) is 5.91 Å². The van der Waals surface area contributed by atoms with Crippen molar-refractivity contribution in [1.82, 2.24) is 15.2 Å². The van der Waals surface area contributed by atoms with Crippen molar-refractivity contribution in [2.45, 2.75) is 109 Å². The predicted octanol–water partition coefficient (Wildman–Crippen LogP) is 5.91. The van der Waals surface area contributed by atoms with E-state index in [2.05, 4.69) is 36.2 Å². The molecule has 1 aliphatic carbocycles. The fourth-order valence-corrected chi connectivity index (χ4v) is 9.33. The maximum atomic E-state index is 13.8. The van der Waals surface area contributed by atoms with Crippen LogP contribution >= 0.6 is 11.3 Å².